The Labute approximate surface area is 199 Å². The lowest BCUT2D eigenvalue weighted by atomic mass is 9.80. The molecule has 0 aromatic carbocycles. The molecule has 0 unspecified atom stereocenters. The molecule has 2 saturated heterocycles. The van der Waals surface area contributed by atoms with Crippen molar-refractivity contribution in [2.75, 3.05) is 33.3 Å². The van der Waals surface area contributed by atoms with Crippen LogP contribution in [0.1, 0.15) is 80.1 Å². The van der Waals surface area contributed by atoms with Crippen LogP contribution in [-0.4, -0.2) is 72.4 Å². The lowest BCUT2D eigenvalue weighted by Crippen LogP contribution is -2.43. The molecule has 0 atom stereocenters. The van der Waals surface area contributed by atoms with E-state index in [1.165, 1.54) is 7.11 Å². The van der Waals surface area contributed by atoms with Gasteiger partial charge in [0, 0.05) is 26.2 Å². The van der Waals surface area contributed by atoms with Gasteiger partial charge in [0.1, 0.15) is 11.2 Å². The van der Waals surface area contributed by atoms with E-state index in [2.05, 4.69) is 0 Å². The lowest BCUT2D eigenvalue weighted by Gasteiger charge is -2.36. The highest BCUT2D eigenvalue weighted by Gasteiger charge is 2.33. The molecule has 2 aliphatic heterocycles. The van der Waals surface area contributed by atoms with Gasteiger partial charge < -0.3 is 24.0 Å². The molecule has 2 heterocycles. The van der Waals surface area contributed by atoms with Gasteiger partial charge in [0.05, 0.1) is 13.0 Å². The number of methoxy groups -OCH3 is 1. The molecular formula is C25H44N2O6. The van der Waals surface area contributed by atoms with Gasteiger partial charge in [-0.1, -0.05) is 0 Å². The molecule has 8 heteroatoms. The maximum Gasteiger partial charge on any atom is 0.410 e. The maximum atomic E-state index is 12.5. The monoisotopic (exact) mass is 468 g/mol. The number of carbonyl (C=O) groups excluding carboxylic acids is 3. The minimum absolute atomic E-state index is 0.147. The summed E-state index contributed by atoms with van der Waals surface area (Å²) in [6.07, 6.45) is 4.49. The van der Waals surface area contributed by atoms with Crippen LogP contribution in [0.4, 0.5) is 9.59 Å². The molecule has 2 rings (SSSR count). The van der Waals surface area contributed by atoms with Crippen LogP contribution in [0.2, 0.25) is 0 Å². The van der Waals surface area contributed by atoms with Crippen molar-refractivity contribution in [3.05, 3.63) is 0 Å². The van der Waals surface area contributed by atoms with Gasteiger partial charge >= 0.3 is 18.2 Å². The Morgan fingerprint density at radius 1 is 0.727 bits per heavy atom. The molecule has 2 fully saturated rings. The number of esters is 1. The summed E-state index contributed by atoms with van der Waals surface area (Å²) < 4.78 is 16.1. The van der Waals surface area contributed by atoms with Crippen molar-refractivity contribution < 1.29 is 28.6 Å². The summed E-state index contributed by atoms with van der Waals surface area (Å²) in [4.78, 5) is 40.7. The van der Waals surface area contributed by atoms with Gasteiger partial charge in [0.25, 0.3) is 0 Å². The smallest absolute Gasteiger partial charge is 0.410 e. The van der Waals surface area contributed by atoms with Crippen LogP contribution in [-0.2, 0) is 19.0 Å². The van der Waals surface area contributed by atoms with E-state index in [0.29, 0.717) is 38.0 Å². The van der Waals surface area contributed by atoms with E-state index in [9.17, 15) is 14.4 Å². The van der Waals surface area contributed by atoms with Crippen molar-refractivity contribution in [3.63, 3.8) is 0 Å². The lowest BCUT2D eigenvalue weighted by molar-refractivity contribution is -0.147. The fourth-order valence-electron chi connectivity index (χ4n) is 4.62. The highest BCUT2D eigenvalue weighted by atomic mass is 16.6. The largest absolute Gasteiger partial charge is 0.469 e. The Balaban J connectivity index is 1.82. The molecule has 33 heavy (non-hydrogen) atoms. The first-order chi connectivity index (χ1) is 15.3. The van der Waals surface area contributed by atoms with E-state index in [1.54, 1.807) is 9.80 Å². The number of hydrogen-bond acceptors (Lipinski definition) is 6. The summed E-state index contributed by atoms with van der Waals surface area (Å²) in [7, 11) is 1.45. The van der Waals surface area contributed by atoms with Gasteiger partial charge in [-0.15, -0.1) is 0 Å². The zero-order valence-corrected chi connectivity index (χ0v) is 21.6. The van der Waals surface area contributed by atoms with Gasteiger partial charge in [0.2, 0.25) is 0 Å². The maximum absolute atomic E-state index is 12.5. The predicted molar refractivity (Wildman–Crippen MR) is 126 cm³/mol. The van der Waals surface area contributed by atoms with Crippen LogP contribution in [0.15, 0.2) is 0 Å². The van der Waals surface area contributed by atoms with Crippen LogP contribution in [0.3, 0.4) is 0 Å². The Bertz CT molecular complexity index is 615. The second-order valence-corrected chi connectivity index (χ2v) is 11.5. The first-order valence-corrected chi connectivity index (χ1v) is 12.3. The Morgan fingerprint density at radius 3 is 1.33 bits per heavy atom. The van der Waals surface area contributed by atoms with Gasteiger partial charge in [0.15, 0.2) is 0 Å². The summed E-state index contributed by atoms with van der Waals surface area (Å²) in [6.45, 7) is 13.8. The SMILES string of the molecule is COC(=O)C(CC1CCN(C(=O)OC(C)(C)C)CC1)CC1CCN(C(=O)OC(C)(C)C)CC1. The molecular weight excluding hydrogens is 424 g/mol. The zero-order valence-electron chi connectivity index (χ0n) is 21.6. The predicted octanol–water partition coefficient (Wildman–Crippen LogP) is 4.85. The Morgan fingerprint density at radius 2 is 1.06 bits per heavy atom. The van der Waals surface area contributed by atoms with Gasteiger partial charge in [-0.05, 0) is 91.9 Å². The molecule has 0 spiro atoms. The van der Waals surface area contributed by atoms with Crippen molar-refractivity contribution in [3.8, 4) is 0 Å². The minimum atomic E-state index is -0.497. The number of piperidine rings is 2. The van der Waals surface area contributed by atoms with Crippen LogP contribution < -0.4 is 0 Å². The van der Waals surface area contributed by atoms with Gasteiger partial charge in [-0.25, -0.2) is 9.59 Å². The number of hydrogen-bond donors (Lipinski definition) is 0. The van der Waals surface area contributed by atoms with E-state index in [0.717, 1.165) is 38.5 Å². The summed E-state index contributed by atoms with van der Waals surface area (Å²) in [5.74, 6) is 0.467. The molecule has 0 aromatic heterocycles. The van der Waals surface area contributed by atoms with Gasteiger partial charge in [-0.2, -0.15) is 0 Å². The summed E-state index contributed by atoms with van der Waals surface area (Å²) in [6, 6.07) is 0. The van der Waals surface area contributed by atoms with Crippen molar-refractivity contribution in [2.45, 2.75) is 91.3 Å². The summed E-state index contributed by atoms with van der Waals surface area (Å²) in [5.41, 5.74) is -0.994. The quantitative estimate of drug-likeness (QED) is 0.424. The summed E-state index contributed by atoms with van der Waals surface area (Å²) >= 11 is 0. The molecule has 8 nitrogen and oxygen atoms in total. The fraction of sp³-hybridized carbons (Fsp3) is 0.880. The van der Waals surface area contributed by atoms with E-state index in [1.807, 2.05) is 41.5 Å². The number of amides is 2. The number of rotatable bonds is 5. The highest BCUT2D eigenvalue weighted by molar-refractivity contribution is 5.72. The molecule has 2 amide bonds. The van der Waals surface area contributed by atoms with Crippen LogP contribution in [0, 0.1) is 17.8 Å². The number of ether oxygens (including phenoxy) is 3. The van der Waals surface area contributed by atoms with Crippen molar-refractivity contribution >= 4 is 18.2 Å². The Kier molecular flexibility index (Phi) is 9.44. The fourth-order valence-corrected chi connectivity index (χ4v) is 4.62. The second kappa shape index (κ2) is 11.4. The molecule has 0 bridgehead atoms. The van der Waals surface area contributed by atoms with Crippen molar-refractivity contribution in [1.82, 2.24) is 9.80 Å². The zero-order chi connectivity index (χ0) is 24.8. The molecule has 2 aliphatic rings. The first-order valence-electron chi connectivity index (χ1n) is 12.3. The van der Waals surface area contributed by atoms with E-state index >= 15 is 0 Å². The number of likely N-dealkylation sites (tertiary alicyclic amines) is 2. The average molecular weight is 469 g/mol. The van der Waals surface area contributed by atoms with Crippen molar-refractivity contribution in [1.29, 1.82) is 0 Å². The topological polar surface area (TPSA) is 85.4 Å². The molecule has 0 radical (unpaired) electrons. The molecule has 0 aromatic rings. The third kappa shape index (κ3) is 9.41. The third-order valence-electron chi connectivity index (χ3n) is 6.30. The highest BCUT2D eigenvalue weighted by Crippen LogP contribution is 2.32. The third-order valence-corrected chi connectivity index (χ3v) is 6.30. The summed E-state index contributed by atoms with van der Waals surface area (Å²) in [5, 5.41) is 0. The number of nitrogens with zero attached hydrogens (tertiary/aromatic N) is 2. The van der Waals surface area contributed by atoms with Crippen molar-refractivity contribution in [2.24, 2.45) is 17.8 Å². The minimum Gasteiger partial charge on any atom is -0.469 e. The van der Waals surface area contributed by atoms with E-state index in [-0.39, 0.29) is 24.1 Å². The average Bonchev–Trinajstić information content (AvgIpc) is 2.71. The van der Waals surface area contributed by atoms with Crippen LogP contribution in [0.5, 0.6) is 0 Å². The first kappa shape index (κ1) is 27.3. The van der Waals surface area contributed by atoms with E-state index < -0.39 is 11.2 Å². The molecule has 190 valence electrons. The van der Waals surface area contributed by atoms with Crippen LogP contribution >= 0.6 is 0 Å². The number of carbonyl (C=O) groups is 3. The normalized spacial score (nSPS) is 18.9. The van der Waals surface area contributed by atoms with Crippen LogP contribution in [0.25, 0.3) is 0 Å². The molecule has 0 aliphatic carbocycles. The standard InChI is InChI=1S/C25H44N2O6/c1-24(2,3)32-22(29)26-12-8-18(9-13-26)16-20(21(28)31-7)17-19-10-14-27(15-11-19)23(30)33-25(4,5)6/h18-20H,8-17H2,1-7H3. The second-order valence-electron chi connectivity index (χ2n) is 11.5. The van der Waals surface area contributed by atoms with E-state index in [4.69, 9.17) is 14.2 Å². The molecule has 0 saturated carbocycles. The molecule has 0 N–H and O–H groups in total. The Hall–Kier alpha value is -1.99. The van der Waals surface area contributed by atoms with Gasteiger partial charge in [-0.3, -0.25) is 4.79 Å².